The van der Waals surface area contributed by atoms with Gasteiger partial charge in [0.05, 0.1) is 0 Å². The van der Waals surface area contributed by atoms with Crippen LogP contribution in [-0.2, 0) is 4.79 Å². The van der Waals surface area contributed by atoms with Crippen molar-refractivity contribution in [3.63, 3.8) is 0 Å². The van der Waals surface area contributed by atoms with E-state index in [9.17, 15) is 4.79 Å². The Morgan fingerprint density at radius 3 is 2.47 bits per heavy atom. The molecule has 0 heterocycles. The molecule has 0 aromatic heterocycles. The van der Waals surface area contributed by atoms with Crippen molar-refractivity contribution in [1.29, 1.82) is 0 Å². The molecule has 1 unspecified atom stereocenters. The zero-order valence-corrected chi connectivity index (χ0v) is 12.5. The second-order valence-electron chi connectivity index (χ2n) is 4.32. The third kappa shape index (κ3) is 7.03. The number of nitrogens with one attached hydrogen (secondary N) is 2. The summed E-state index contributed by atoms with van der Waals surface area (Å²) in [5.41, 5.74) is 1.17. The van der Waals surface area contributed by atoms with Crippen LogP contribution in [0.4, 0.5) is 0 Å². The highest BCUT2D eigenvalue weighted by atomic mass is 35.5. The van der Waals surface area contributed by atoms with Gasteiger partial charge < -0.3 is 15.4 Å². The molecule has 19 heavy (non-hydrogen) atoms. The molecule has 0 saturated carbocycles. The van der Waals surface area contributed by atoms with Gasteiger partial charge in [-0.2, -0.15) is 0 Å². The second kappa shape index (κ2) is 9.64. The van der Waals surface area contributed by atoms with Crippen LogP contribution in [0.5, 0.6) is 5.75 Å². The summed E-state index contributed by atoms with van der Waals surface area (Å²) in [5.74, 6) is 0.644. The first-order valence-electron chi connectivity index (χ1n) is 6.29. The summed E-state index contributed by atoms with van der Waals surface area (Å²) in [6, 6.07) is 7.68. The molecule has 0 aliphatic carbocycles. The summed E-state index contributed by atoms with van der Waals surface area (Å²) in [6.07, 6.45) is 0.446. The van der Waals surface area contributed by atoms with Crippen LogP contribution >= 0.6 is 12.4 Å². The van der Waals surface area contributed by atoms with Gasteiger partial charge in [0.1, 0.15) is 5.75 Å². The van der Waals surface area contributed by atoms with E-state index < -0.39 is 6.10 Å². The molecule has 0 aliphatic heterocycles. The number of halogens is 1. The van der Waals surface area contributed by atoms with Crippen LogP contribution < -0.4 is 15.4 Å². The Morgan fingerprint density at radius 2 is 1.89 bits per heavy atom. The average Bonchev–Trinajstić information content (AvgIpc) is 2.37. The number of ether oxygens (including phenoxy) is 1. The van der Waals surface area contributed by atoms with Crippen LogP contribution in [0.1, 0.15) is 18.9 Å². The van der Waals surface area contributed by atoms with Gasteiger partial charge in [0, 0.05) is 6.54 Å². The zero-order chi connectivity index (χ0) is 13.4. The van der Waals surface area contributed by atoms with Gasteiger partial charge >= 0.3 is 0 Å². The van der Waals surface area contributed by atoms with E-state index in [2.05, 4.69) is 10.6 Å². The van der Waals surface area contributed by atoms with E-state index in [0.29, 0.717) is 6.54 Å². The third-order valence-corrected chi connectivity index (χ3v) is 2.61. The molecule has 1 atom stereocenters. The van der Waals surface area contributed by atoms with E-state index in [0.717, 1.165) is 18.7 Å². The number of rotatable bonds is 7. The van der Waals surface area contributed by atoms with E-state index in [-0.39, 0.29) is 18.3 Å². The molecule has 4 nitrogen and oxygen atoms in total. The Balaban J connectivity index is 0.00000324. The smallest absolute Gasteiger partial charge is 0.260 e. The first-order valence-corrected chi connectivity index (χ1v) is 6.29. The maximum Gasteiger partial charge on any atom is 0.260 e. The van der Waals surface area contributed by atoms with Crippen molar-refractivity contribution in [1.82, 2.24) is 10.6 Å². The van der Waals surface area contributed by atoms with Gasteiger partial charge in [0.25, 0.3) is 5.91 Å². The van der Waals surface area contributed by atoms with Crippen molar-refractivity contribution in [2.75, 3.05) is 20.1 Å². The first-order chi connectivity index (χ1) is 8.63. The highest BCUT2D eigenvalue weighted by Gasteiger charge is 2.13. The fraction of sp³-hybridized carbons (Fsp3) is 0.500. The van der Waals surface area contributed by atoms with Crippen LogP contribution in [-0.4, -0.2) is 32.1 Å². The average molecular weight is 287 g/mol. The van der Waals surface area contributed by atoms with E-state index >= 15 is 0 Å². The van der Waals surface area contributed by atoms with Crippen molar-refractivity contribution in [3.05, 3.63) is 29.8 Å². The van der Waals surface area contributed by atoms with Crippen LogP contribution in [0, 0.1) is 6.92 Å². The van der Waals surface area contributed by atoms with Crippen LogP contribution in [0.25, 0.3) is 0 Å². The predicted molar refractivity (Wildman–Crippen MR) is 80.1 cm³/mol. The SMILES string of the molecule is CNCCCNC(=O)C(C)Oc1ccc(C)cc1.Cl. The number of hydrogen-bond acceptors (Lipinski definition) is 3. The van der Waals surface area contributed by atoms with Crippen molar-refractivity contribution in [2.45, 2.75) is 26.4 Å². The Hall–Kier alpha value is -1.26. The molecule has 0 aliphatic rings. The van der Waals surface area contributed by atoms with Gasteiger partial charge in [-0.25, -0.2) is 0 Å². The lowest BCUT2D eigenvalue weighted by atomic mass is 10.2. The fourth-order valence-electron chi connectivity index (χ4n) is 1.49. The molecule has 0 radical (unpaired) electrons. The monoisotopic (exact) mass is 286 g/mol. The standard InChI is InChI=1S/C14H22N2O2.ClH/c1-11-5-7-13(8-6-11)18-12(2)14(17)16-10-4-9-15-3;/h5-8,12,15H,4,9-10H2,1-3H3,(H,16,17);1H. The lowest BCUT2D eigenvalue weighted by Crippen LogP contribution is -2.37. The first kappa shape index (κ1) is 17.7. The second-order valence-corrected chi connectivity index (χ2v) is 4.32. The Kier molecular flexibility index (Phi) is 9.00. The number of hydrogen-bond donors (Lipinski definition) is 2. The van der Waals surface area contributed by atoms with Crippen molar-refractivity contribution >= 4 is 18.3 Å². The number of aryl methyl sites for hydroxylation is 1. The summed E-state index contributed by atoms with van der Waals surface area (Å²) < 4.78 is 5.56. The van der Waals surface area contributed by atoms with Crippen molar-refractivity contribution < 1.29 is 9.53 Å². The fourth-order valence-corrected chi connectivity index (χ4v) is 1.49. The Bertz CT molecular complexity index is 368. The highest BCUT2D eigenvalue weighted by molar-refractivity contribution is 5.85. The summed E-state index contributed by atoms with van der Waals surface area (Å²) >= 11 is 0. The third-order valence-electron chi connectivity index (χ3n) is 2.61. The maximum atomic E-state index is 11.7. The molecule has 1 amide bonds. The molecular formula is C14H23ClN2O2. The lowest BCUT2D eigenvalue weighted by Gasteiger charge is -2.14. The molecule has 1 aromatic rings. The summed E-state index contributed by atoms with van der Waals surface area (Å²) in [6.45, 7) is 5.34. The molecule has 1 rings (SSSR count). The van der Waals surface area contributed by atoms with Crippen LogP contribution in [0.2, 0.25) is 0 Å². The van der Waals surface area contributed by atoms with Gasteiger partial charge in [-0.1, -0.05) is 17.7 Å². The van der Waals surface area contributed by atoms with Gasteiger partial charge in [0.2, 0.25) is 0 Å². The summed E-state index contributed by atoms with van der Waals surface area (Å²) in [5, 5.41) is 5.88. The minimum atomic E-state index is -0.470. The molecule has 5 heteroatoms. The topological polar surface area (TPSA) is 50.4 Å². The summed E-state index contributed by atoms with van der Waals surface area (Å²) in [4.78, 5) is 11.7. The largest absolute Gasteiger partial charge is 0.481 e. The molecule has 108 valence electrons. The molecular weight excluding hydrogens is 264 g/mol. The normalized spacial score (nSPS) is 11.3. The minimum absolute atomic E-state index is 0. The van der Waals surface area contributed by atoms with Crippen LogP contribution in [0.15, 0.2) is 24.3 Å². The van der Waals surface area contributed by atoms with Gasteiger partial charge in [-0.3, -0.25) is 4.79 Å². The number of benzene rings is 1. The Labute approximate surface area is 121 Å². The van der Waals surface area contributed by atoms with Crippen LogP contribution in [0.3, 0.4) is 0 Å². The van der Waals surface area contributed by atoms with E-state index in [1.807, 2.05) is 38.2 Å². The molecule has 0 fully saturated rings. The van der Waals surface area contributed by atoms with Crippen molar-refractivity contribution in [2.24, 2.45) is 0 Å². The number of amides is 1. The van der Waals surface area contributed by atoms with Gasteiger partial charge in [0.15, 0.2) is 6.10 Å². The number of carbonyl (C=O) groups excluding carboxylic acids is 1. The molecule has 0 spiro atoms. The lowest BCUT2D eigenvalue weighted by molar-refractivity contribution is -0.127. The predicted octanol–water partition coefficient (Wildman–Crippen LogP) is 1.91. The summed E-state index contributed by atoms with van der Waals surface area (Å²) in [7, 11) is 1.89. The quantitative estimate of drug-likeness (QED) is 0.753. The maximum absolute atomic E-state index is 11.7. The number of carbonyl (C=O) groups is 1. The molecule has 0 saturated heterocycles. The van der Waals surface area contributed by atoms with Gasteiger partial charge in [-0.05, 0) is 46.0 Å². The molecule has 0 bridgehead atoms. The Morgan fingerprint density at radius 1 is 1.26 bits per heavy atom. The zero-order valence-electron chi connectivity index (χ0n) is 11.7. The van der Waals surface area contributed by atoms with Gasteiger partial charge in [-0.15, -0.1) is 12.4 Å². The molecule has 2 N–H and O–H groups in total. The highest BCUT2D eigenvalue weighted by Crippen LogP contribution is 2.13. The van der Waals surface area contributed by atoms with E-state index in [1.54, 1.807) is 6.92 Å². The van der Waals surface area contributed by atoms with Crippen molar-refractivity contribution in [3.8, 4) is 5.75 Å². The molecule has 1 aromatic carbocycles. The van der Waals surface area contributed by atoms with E-state index in [4.69, 9.17) is 4.74 Å². The van der Waals surface area contributed by atoms with E-state index in [1.165, 1.54) is 5.56 Å². The minimum Gasteiger partial charge on any atom is -0.481 e.